The molecule has 3 heterocycles. The first-order valence-electron chi connectivity index (χ1n) is 10.5. The molecule has 2 atom stereocenters. The van der Waals surface area contributed by atoms with Crippen molar-refractivity contribution in [2.24, 2.45) is 5.92 Å². The first-order chi connectivity index (χ1) is 14.7. The van der Waals surface area contributed by atoms with Crippen LogP contribution in [0, 0.1) is 17.2 Å². The van der Waals surface area contributed by atoms with Crippen molar-refractivity contribution in [3.63, 3.8) is 0 Å². The van der Waals surface area contributed by atoms with Crippen LogP contribution in [0.5, 0.6) is 0 Å². The molecule has 5 rings (SSSR count). The lowest BCUT2D eigenvalue weighted by Crippen LogP contribution is -2.43. The summed E-state index contributed by atoms with van der Waals surface area (Å²) in [6.45, 7) is 2.23. The number of nitriles is 1. The Morgan fingerprint density at radius 1 is 1.27 bits per heavy atom. The molecule has 1 saturated heterocycles. The predicted octanol–water partition coefficient (Wildman–Crippen LogP) is 2.60. The van der Waals surface area contributed by atoms with Crippen LogP contribution >= 0.6 is 0 Å². The normalized spacial score (nSPS) is 21.3. The van der Waals surface area contributed by atoms with Gasteiger partial charge in [-0.25, -0.2) is 4.98 Å². The van der Waals surface area contributed by atoms with Gasteiger partial charge in [-0.2, -0.15) is 14.9 Å². The van der Waals surface area contributed by atoms with E-state index in [0.717, 1.165) is 35.9 Å². The lowest BCUT2D eigenvalue weighted by Gasteiger charge is -2.28. The van der Waals surface area contributed by atoms with Crippen molar-refractivity contribution in [1.82, 2.24) is 19.9 Å². The average Bonchev–Trinajstić information content (AvgIpc) is 3.52. The van der Waals surface area contributed by atoms with Crippen molar-refractivity contribution in [3.05, 3.63) is 47.7 Å². The number of piperidine rings is 1. The van der Waals surface area contributed by atoms with Gasteiger partial charge in [0.05, 0.1) is 23.9 Å². The van der Waals surface area contributed by atoms with E-state index < -0.39 is 0 Å². The second kappa shape index (κ2) is 7.94. The fraction of sp³-hybridized carbons (Fsp3) is 0.409. The zero-order valence-electron chi connectivity index (χ0n) is 16.7. The van der Waals surface area contributed by atoms with Gasteiger partial charge >= 0.3 is 0 Å². The van der Waals surface area contributed by atoms with E-state index in [-0.39, 0.29) is 12.0 Å². The molecule has 1 aliphatic heterocycles. The highest BCUT2D eigenvalue weighted by Crippen LogP contribution is 2.42. The maximum Gasteiger partial charge on any atom is 0.163 e. The van der Waals surface area contributed by atoms with Crippen molar-refractivity contribution >= 4 is 23.0 Å². The number of anilines is 3. The van der Waals surface area contributed by atoms with Crippen LogP contribution in [0.15, 0.2) is 36.5 Å². The first-order valence-corrected chi connectivity index (χ1v) is 10.5. The van der Waals surface area contributed by atoms with E-state index in [0.29, 0.717) is 24.6 Å². The van der Waals surface area contributed by atoms with Crippen molar-refractivity contribution in [3.8, 4) is 6.07 Å². The maximum absolute atomic E-state index is 10.2. The second-order valence-electron chi connectivity index (χ2n) is 8.15. The van der Waals surface area contributed by atoms with Gasteiger partial charge in [-0.15, -0.1) is 0 Å². The number of hydrogen-bond acceptors (Lipinski definition) is 7. The van der Waals surface area contributed by atoms with Crippen molar-refractivity contribution < 1.29 is 5.11 Å². The third-order valence-corrected chi connectivity index (χ3v) is 5.92. The molecule has 154 valence electrons. The van der Waals surface area contributed by atoms with Gasteiger partial charge in [0, 0.05) is 36.3 Å². The zero-order chi connectivity index (χ0) is 20.5. The van der Waals surface area contributed by atoms with Crippen LogP contribution < -0.4 is 16.0 Å². The number of fused-ring (bicyclic) bond motifs is 1. The minimum Gasteiger partial charge on any atom is -0.391 e. The van der Waals surface area contributed by atoms with E-state index in [1.165, 1.54) is 18.4 Å². The predicted molar refractivity (Wildman–Crippen MR) is 115 cm³/mol. The maximum atomic E-state index is 10.2. The van der Waals surface area contributed by atoms with Crippen molar-refractivity contribution in [2.45, 2.75) is 31.3 Å². The first kappa shape index (κ1) is 18.9. The molecule has 2 aliphatic rings. The number of aliphatic hydroxyl groups is 1. The van der Waals surface area contributed by atoms with Gasteiger partial charge in [0.2, 0.25) is 0 Å². The molecule has 8 nitrogen and oxygen atoms in total. The van der Waals surface area contributed by atoms with Gasteiger partial charge in [-0.1, -0.05) is 6.07 Å². The van der Waals surface area contributed by atoms with Crippen LogP contribution in [-0.2, 0) is 0 Å². The van der Waals surface area contributed by atoms with Crippen LogP contribution in [0.25, 0.3) is 5.65 Å². The topological polar surface area (TPSA) is 110 Å². The SMILES string of the molecule is N#Cc1cccc(Nc2cc(NC[C@@H]3CCNC[C@H]3O)nc3c(C4CC4)cnn23)c1. The molecule has 0 amide bonds. The zero-order valence-corrected chi connectivity index (χ0v) is 16.7. The summed E-state index contributed by atoms with van der Waals surface area (Å²) in [6.07, 6.45) is 4.85. The molecule has 0 bridgehead atoms. The molecule has 4 N–H and O–H groups in total. The van der Waals surface area contributed by atoms with Crippen LogP contribution in [-0.4, -0.2) is 45.4 Å². The average molecular weight is 403 g/mol. The van der Waals surface area contributed by atoms with Gasteiger partial charge in [-0.3, -0.25) is 0 Å². The summed E-state index contributed by atoms with van der Waals surface area (Å²) in [4.78, 5) is 4.84. The summed E-state index contributed by atoms with van der Waals surface area (Å²) in [7, 11) is 0. The molecule has 0 radical (unpaired) electrons. The highest BCUT2D eigenvalue weighted by atomic mass is 16.3. The Morgan fingerprint density at radius 3 is 2.97 bits per heavy atom. The molecular formula is C22H25N7O. The number of β-amino-alcohol motifs (C(OH)–C–C–N with tert-alkyl or cyclic N) is 1. The van der Waals surface area contributed by atoms with E-state index in [1.54, 1.807) is 6.07 Å². The van der Waals surface area contributed by atoms with E-state index in [9.17, 15) is 10.4 Å². The Labute approximate surface area is 174 Å². The molecule has 1 saturated carbocycles. The third-order valence-electron chi connectivity index (χ3n) is 5.92. The molecule has 8 heteroatoms. The van der Waals surface area contributed by atoms with Gasteiger partial charge in [0.1, 0.15) is 11.6 Å². The summed E-state index contributed by atoms with van der Waals surface area (Å²) < 4.78 is 1.83. The number of aliphatic hydroxyl groups excluding tert-OH is 1. The molecule has 0 spiro atoms. The van der Waals surface area contributed by atoms with Gasteiger partial charge in [0.25, 0.3) is 0 Å². The highest BCUT2D eigenvalue weighted by molar-refractivity contribution is 5.67. The largest absolute Gasteiger partial charge is 0.391 e. The Morgan fingerprint density at radius 2 is 2.17 bits per heavy atom. The van der Waals surface area contributed by atoms with Gasteiger partial charge in [-0.05, 0) is 49.9 Å². The Bertz CT molecular complexity index is 1100. The number of nitrogens with zero attached hydrogens (tertiary/aromatic N) is 4. The number of benzene rings is 1. The molecule has 30 heavy (non-hydrogen) atoms. The lowest BCUT2D eigenvalue weighted by atomic mass is 9.95. The lowest BCUT2D eigenvalue weighted by molar-refractivity contribution is 0.0883. The summed E-state index contributed by atoms with van der Waals surface area (Å²) in [6, 6.07) is 11.5. The molecule has 1 aromatic carbocycles. The molecule has 1 aliphatic carbocycles. The molecule has 3 aromatic rings. The fourth-order valence-corrected chi connectivity index (χ4v) is 4.03. The molecule has 2 aromatic heterocycles. The standard InChI is InChI=1S/C22H25N7O/c23-10-14-2-1-3-17(8-14)27-21-9-20(25-11-16-6-7-24-13-19(16)30)28-22-18(15-4-5-15)12-26-29(21)22/h1-3,8-9,12,15-16,19,24,27,30H,4-7,11,13H2,(H,25,28)/t16-,19+/m0/s1. The van der Waals surface area contributed by atoms with Crippen LogP contribution in [0.3, 0.4) is 0 Å². The summed E-state index contributed by atoms with van der Waals surface area (Å²) in [5.41, 5.74) is 3.45. The fourth-order valence-electron chi connectivity index (χ4n) is 4.03. The summed E-state index contributed by atoms with van der Waals surface area (Å²) in [5, 5.41) is 34.0. The van der Waals surface area contributed by atoms with E-state index >= 15 is 0 Å². The van der Waals surface area contributed by atoms with Crippen LogP contribution in [0.1, 0.15) is 36.3 Å². The Balaban J connectivity index is 1.46. The highest BCUT2D eigenvalue weighted by Gasteiger charge is 2.28. The Kier molecular flexibility index (Phi) is 4.99. The van der Waals surface area contributed by atoms with Crippen LogP contribution in [0.4, 0.5) is 17.3 Å². The van der Waals surface area contributed by atoms with Crippen LogP contribution in [0.2, 0.25) is 0 Å². The third kappa shape index (κ3) is 3.82. The summed E-state index contributed by atoms with van der Waals surface area (Å²) >= 11 is 0. The molecule has 2 fully saturated rings. The minimum absolute atomic E-state index is 0.195. The summed E-state index contributed by atoms with van der Waals surface area (Å²) in [5.74, 6) is 2.27. The second-order valence-corrected chi connectivity index (χ2v) is 8.15. The number of aromatic nitrogens is 3. The molecular weight excluding hydrogens is 378 g/mol. The van der Waals surface area contributed by atoms with Crippen molar-refractivity contribution in [1.29, 1.82) is 5.26 Å². The number of rotatable bonds is 6. The molecule has 0 unspecified atom stereocenters. The van der Waals surface area contributed by atoms with E-state index in [1.807, 2.05) is 35.0 Å². The minimum atomic E-state index is -0.349. The smallest absolute Gasteiger partial charge is 0.163 e. The van der Waals surface area contributed by atoms with Gasteiger partial charge in [0.15, 0.2) is 5.65 Å². The van der Waals surface area contributed by atoms with E-state index in [2.05, 4.69) is 27.1 Å². The quantitative estimate of drug-likeness (QED) is 0.501. The Hall–Kier alpha value is -3.15. The van der Waals surface area contributed by atoms with E-state index in [4.69, 9.17) is 4.98 Å². The number of nitrogens with one attached hydrogen (secondary N) is 3. The van der Waals surface area contributed by atoms with Gasteiger partial charge < -0.3 is 21.1 Å². The monoisotopic (exact) mass is 403 g/mol. The number of hydrogen-bond donors (Lipinski definition) is 4. The van der Waals surface area contributed by atoms with Crippen molar-refractivity contribution in [2.75, 3.05) is 30.3 Å².